The van der Waals surface area contributed by atoms with Crippen LogP contribution in [0.3, 0.4) is 0 Å². The molecule has 2 heterocycles. The van der Waals surface area contributed by atoms with Crippen molar-refractivity contribution in [2.24, 2.45) is 0 Å². The molecule has 0 bridgehead atoms. The smallest absolute Gasteiger partial charge is 0.293 e. The molecule has 152 valence electrons. The Labute approximate surface area is 168 Å². The zero-order chi connectivity index (χ0) is 20.4. The first kappa shape index (κ1) is 19.0. The van der Waals surface area contributed by atoms with E-state index in [9.17, 15) is 14.9 Å². The van der Waals surface area contributed by atoms with Crippen molar-refractivity contribution >= 4 is 17.3 Å². The van der Waals surface area contributed by atoms with Crippen molar-refractivity contribution in [2.75, 3.05) is 31.6 Å². The molecule has 0 aromatic heterocycles. The fraction of sp³-hybridized carbons (Fsp3) is 0.381. The second kappa shape index (κ2) is 7.98. The van der Waals surface area contributed by atoms with Gasteiger partial charge in [-0.15, -0.1) is 0 Å². The minimum Gasteiger partial charge on any atom is -0.486 e. The monoisotopic (exact) mass is 397 g/mol. The highest BCUT2D eigenvalue weighted by molar-refractivity contribution is 5.96. The molecule has 0 radical (unpaired) electrons. The Morgan fingerprint density at radius 3 is 2.76 bits per heavy atom. The summed E-state index contributed by atoms with van der Waals surface area (Å²) in [7, 11) is 0. The van der Waals surface area contributed by atoms with Gasteiger partial charge in [0.2, 0.25) is 0 Å². The van der Waals surface area contributed by atoms with Gasteiger partial charge in [-0.3, -0.25) is 14.9 Å². The highest BCUT2D eigenvalue weighted by Gasteiger charge is 2.32. The van der Waals surface area contributed by atoms with Crippen LogP contribution in [0.25, 0.3) is 0 Å². The highest BCUT2D eigenvalue weighted by Crippen LogP contribution is 2.39. The van der Waals surface area contributed by atoms with Crippen LogP contribution in [0.5, 0.6) is 11.5 Å². The molecular weight excluding hydrogens is 374 g/mol. The van der Waals surface area contributed by atoms with Crippen LogP contribution in [-0.2, 0) is 0 Å². The van der Waals surface area contributed by atoms with E-state index in [0.29, 0.717) is 49.1 Å². The van der Waals surface area contributed by atoms with Gasteiger partial charge in [0.25, 0.3) is 11.6 Å². The number of hydrogen-bond donors (Lipinski definition) is 1. The van der Waals surface area contributed by atoms with E-state index in [2.05, 4.69) is 5.32 Å². The predicted octanol–water partition coefficient (Wildman–Crippen LogP) is 3.78. The summed E-state index contributed by atoms with van der Waals surface area (Å²) in [5, 5.41) is 14.4. The first-order chi connectivity index (χ1) is 14.1. The average molecular weight is 397 g/mol. The van der Waals surface area contributed by atoms with Gasteiger partial charge in [0.05, 0.1) is 11.0 Å². The molecule has 8 heteroatoms. The van der Waals surface area contributed by atoms with Crippen molar-refractivity contribution in [1.82, 2.24) is 4.90 Å². The number of fused-ring (bicyclic) bond motifs is 1. The lowest BCUT2D eigenvalue weighted by atomic mass is 10.0. The molecule has 1 atom stereocenters. The molecule has 8 nitrogen and oxygen atoms in total. The predicted molar refractivity (Wildman–Crippen MR) is 108 cm³/mol. The van der Waals surface area contributed by atoms with E-state index in [4.69, 9.17) is 9.47 Å². The van der Waals surface area contributed by atoms with Gasteiger partial charge >= 0.3 is 0 Å². The lowest BCUT2D eigenvalue weighted by Gasteiger charge is -2.27. The van der Waals surface area contributed by atoms with Crippen molar-refractivity contribution in [3.05, 3.63) is 57.6 Å². The summed E-state index contributed by atoms with van der Waals surface area (Å²) in [4.78, 5) is 25.9. The van der Waals surface area contributed by atoms with Crippen LogP contribution in [0.2, 0.25) is 0 Å². The summed E-state index contributed by atoms with van der Waals surface area (Å²) >= 11 is 0. The van der Waals surface area contributed by atoms with Crippen molar-refractivity contribution < 1.29 is 19.2 Å². The lowest BCUT2D eigenvalue weighted by molar-refractivity contribution is -0.384. The van der Waals surface area contributed by atoms with Gasteiger partial charge in [0.1, 0.15) is 18.9 Å². The third-order valence-electron chi connectivity index (χ3n) is 5.27. The van der Waals surface area contributed by atoms with Gasteiger partial charge in [0, 0.05) is 24.7 Å². The molecule has 1 fully saturated rings. The normalized spacial score (nSPS) is 17.8. The Hall–Kier alpha value is -3.29. The van der Waals surface area contributed by atoms with E-state index in [1.54, 1.807) is 17.0 Å². The van der Waals surface area contributed by atoms with Crippen molar-refractivity contribution in [2.45, 2.75) is 25.8 Å². The van der Waals surface area contributed by atoms with Gasteiger partial charge in [-0.1, -0.05) is 6.07 Å². The molecule has 1 amide bonds. The molecule has 2 aromatic carbocycles. The zero-order valence-corrected chi connectivity index (χ0v) is 16.2. The fourth-order valence-corrected chi connectivity index (χ4v) is 3.95. The minimum atomic E-state index is -0.461. The standard InChI is InChI=1S/C21H23N3O5/c1-2-22-16-7-5-15(12-18(16)24(26)27)21(25)23-9-3-4-17(23)14-6-8-19-20(13-14)29-11-10-28-19/h5-8,12-13,17,22H,2-4,9-11H2,1H3/t17-/m1/s1. The molecule has 0 unspecified atom stereocenters. The van der Waals surface area contributed by atoms with Crippen LogP contribution in [0.15, 0.2) is 36.4 Å². The van der Waals surface area contributed by atoms with E-state index in [1.165, 1.54) is 6.07 Å². The maximum Gasteiger partial charge on any atom is 0.293 e. The number of carbonyl (C=O) groups excluding carboxylic acids is 1. The van der Waals surface area contributed by atoms with Crippen molar-refractivity contribution in [1.29, 1.82) is 0 Å². The van der Waals surface area contributed by atoms with E-state index in [1.807, 2.05) is 25.1 Å². The maximum absolute atomic E-state index is 13.2. The summed E-state index contributed by atoms with van der Waals surface area (Å²) in [6.45, 7) is 4.08. The number of anilines is 1. The number of carbonyl (C=O) groups is 1. The molecule has 1 N–H and O–H groups in total. The molecular formula is C21H23N3O5. The second-order valence-corrected chi connectivity index (χ2v) is 7.08. The molecule has 1 saturated heterocycles. The van der Waals surface area contributed by atoms with Crippen LogP contribution in [-0.4, -0.2) is 42.0 Å². The summed E-state index contributed by atoms with van der Waals surface area (Å²) in [5.74, 6) is 1.21. The largest absolute Gasteiger partial charge is 0.486 e. The quantitative estimate of drug-likeness (QED) is 0.610. The molecule has 2 aliphatic heterocycles. The third-order valence-corrected chi connectivity index (χ3v) is 5.27. The van der Waals surface area contributed by atoms with E-state index < -0.39 is 4.92 Å². The number of rotatable bonds is 5. The second-order valence-electron chi connectivity index (χ2n) is 7.08. The number of nitro benzene ring substituents is 1. The molecule has 2 aliphatic rings. The Morgan fingerprint density at radius 2 is 2.00 bits per heavy atom. The van der Waals surface area contributed by atoms with Crippen LogP contribution < -0.4 is 14.8 Å². The maximum atomic E-state index is 13.2. The van der Waals surface area contributed by atoms with Gasteiger partial charge in [-0.25, -0.2) is 0 Å². The highest BCUT2D eigenvalue weighted by atomic mass is 16.6. The lowest BCUT2D eigenvalue weighted by Crippen LogP contribution is -2.30. The zero-order valence-electron chi connectivity index (χ0n) is 16.2. The molecule has 4 rings (SSSR count). The van der Waals surface area contributed by atoms with Crippen molar-refractivity contribution in [3.63, 3.8) is 0 Å². The van der Waals surface area contributed by atoms with E-state index in [-0.39, 0.29) is 17.6 Å². The van der Waals surface area contributed by atoms with Crippen molar-refractivity contribution in [3.8, 4) is 11.5 Å². The third kappa shape index (κ3) is 3.70. The summed E-state index contributed by atoms with van der Waals surface area (Å²) in [6, 6.07) is 10.3. The number of amides is 1. The number of nitro groups is 1. The molecule has 0 spiro atoms. The first-order valence-electron chi connectivity index (χ1n) is 9.81. The SMILES string of the molecule is CCNc1ccc(C(=O)N2CCC[C@@H]2c2ccc3c(c2)OCCO3)cc1[N+](=O)[O-]. The van der Waals surface area contributed by atoms with Gasteiger partial charge < -0.3 is 19.7 Å². The Morgan fingerprint density at radius 1 is 1.21 bits per heavy atom. The molecule has 2 aromatic rings. The van der Waals surface area contributed by atoms with Gasteiger partial charge in [0.15, 0.2) is 11.5 Å². The van der Waals surface area contributed by atoms with Crippen LogP contribution >= 0.6 is 0 Å². The van der Waals surface area contributed by atoms with E-state index in [0.717, 1.165) is 18.4 Å². The number of ether oxygens (including phenoxy) is 2. The topological polar surface area (TPSA) is 93.9 Å². The number of benzene rings is 2. The summed E-state index contributed by atoms with van der Waals surface area (Å²) in [6.07, 6.45) is 1.71. The summed E-state index contributed by atoms with van der Waals surface area (Å²) < 4.78 is 11.2. The molecule has 0 aliphatic carbocycles. The summed E-state index contributed by atoms with van der Waals surface area (Å²) in [5.41, 5.74) is 1.63. The number of likely N-dealkylation sites (tertiary alicyclic amines) is 1. The number of nitrogens with zero attached hydrogens (tertiary/aromatic N) is 2. The minimum absolute atomic E-state index is 0.0900. The Balaban J connectivity index is 1.61. The van der Waals surface area contributed by atoms with Crippen LogP contribution in [0, 0.1) is 10.1 Å². The van der Waals surface area contributed by atoms with Crippen LogP contribution in [0.4, 0.5) is 11.4 Å². The molecule has 29 heavy (non-hydrogen) atoms. The Bertz CT molecular complexity index is 946. The van der Waals surface area contributed by atoms with Crippen LogP contribution in [0.1, 0.15) is 41.7 Å². The van der Waals surface area contributed by atoms with Gasteiger partial charge in [-0.2, -0.15) is 0 Å². The fourth-order valence-electron chi connectivity index (χ4n) is 3.95. The number of nitrogens with one attached hydrogen (secondary N) is 1. The Kier molecular flexibility index (Phi) is 5.24. The molecule has 0 saturated carbocycles. The van der Waals surface area contributed by atoms with Gasteiger partial charge in [-0.05, 0) is 49.6 Å². The first-order valence-corrected chi connectivity index (χ1v) is 9.81. The average Bonchev–Trinajstić information content (AvgIpc) is 3.23. The van der Waals surface area contributed by atoms with E-state index >= 15 is 0 Å². The number of hydrogen-bond acceptors (Lipinski definition) is 6.